The van der Waals surface area contributed by atoms with E-state index < -0.39 is 11.8 Å². The fourth-order valence-electron chi connectivity index (χ4n) is 3.98. The van der Waals surface area contributed by atoms with Gasteiger partial charge >= 0.3 is 5.97 Å². The molecule has 0 saturated carbocycles. The minimum Gasteiger partial charge on any atom is -0.468 e. The largest absolute Gasteiger partial charge is 0.468 e. The van der Waals surface area contributed by atoms with Crippen LogP contribution in [0.2, 0.25) is 0 Å². The molecular weight excluding hydrogens is 316 g/mol. The molecule has 3 rings (SSSR count). The maximum Gasteiger partial charge on any atom is 0.315 e. The minimum absolute atomic E-state index is 0.0834. The number of aromatic nitrogens is 1. The summed E-state index contributed by atoms with van der Waals surface area (Å²) in [4.78, 5) is 28.8. The van der Waals surface area contributed by atoms with Gasteiger partial charge in [-0.05, 0) is 17.9 Å². The molecule has 5 heteroatoms. The van der Waals surface area contributed by atoms with Crippen molar-refractivity contribution in [3.63, 3.8) is 0 Å². The van der Waals surface area contributed by atoms with E-state index in [-0.39, 0.29) is 17.2 Å². The van der Waals surface area contributed by atoms with Gasteiger partial charge in [-0.3, -0.25) is 9.59 Å². The van der Waals surface area contributed by atoms with E-state index in [0.717, 1.165) is 23.5 Å². The van der Waals surface area contributed by atoms with Gasteiger partial charge < -0.3 is 10.1 Å². The normalized spacial score (nSPS) is 25.3. The molecule has 5 nitrogen and oxygen atoms in total. The van der Waals surface area contributed by atoms with E-state index in [1.54, 1.807) is 0 Å². The quantitative estimate of drug-likeness (QED) is 0.839. The summed E-state index contributed by atoms with van der Waals surface area (Å²) in [6, 6.07) is 5.80. The van der Waals surface area contributed by atoms with Crippen molar-refractivity contribution in [3.05, 3.63) is 53.1 Å². The van der Waals surface area contributed by atoms with Crippen LogP contribution >= 0.6 is 0 Å². The molecule has 0 fully saturated rings. The van der Waals surface area contributed by atoms with Gasteiger partial charge in [0.2, 0.25) is 0 Å². The monoisotopic (exact) mass is 341 g/mol. The Morgan fingerprint density at radius 2 is 2.08 bits per heavy atom. The molecule has 0 aromatic carbocycles. The maximum atomic E-state index is 13.0. The zero-order chi connectivity index (χ0) is 18.4. The Balaban J connectivity index is 2.20. The summed E-state index contributed by atoms with van der Waals surface area (Å²) in [6.07, 6.45) is 1.22. The highest BCUT2D eigenvalue weighted by Crippen LogP contribution is 2.47. The van der Waals surface area contributed by atoms with E-state index in [1.807, 2.05) is 25.1 Å². The van der Waals surface area contributed by atoms with Gasteiger partial charge in [0.25, 0.3) is 0 Å². The smallest absolute Gasteiger partial charge is 0.315 e. The fraction of sp³-hybridized carbons (Fsp3) is 0.450. The second-order valence-electron chi connectivity index (χ2n) is 7.75. The zero-order valence-electron chi connectivity index (χ0n) is 15.2. The molecule has 0 radical (unpaired) electrons. The lowest BCUT2D eigenvalue weighted by molar-refractivity contribution is -0.402. The molecule has 0 amide bonds. The topological polar surface area (TPSA) is 69.5 Å². The number of carbonyl (C=O) groups excluding carboxylic acids is 2. The highest BCUT2D eigenvalue weighted by atomic mass is 16.5. The van der Waals surface area contributed by atoms with Crippen LogP contribution in [-0.2, 0) is 14.3 Å². The van der Waals surface area contributed by atoms with Crippen LogP contribution in [0.4, 0.5) is 0 Å². The third kappa shape index (κ3) is 3.11. The number of hydrogen-bond acceptors (Lipinski definition) is 4. The molecule has 2 aliphatic rings. The third-order valence-corrected chi connectivity index (χ3v) is 5.00. The number of rotatable bonds is 2. The average molecular weight is 341 g/mol. The lowest BCUT2D eigenvalue weighted by Crippen LogP contribution is -2.45. The molecule has 1 aliphatic carbocycles. The highest BCUT2D eigenvalue weighted by Gasteiger charge is 2.48. The number of aryl methyl sites for hydroxylation is 1. The van der Waals surface area contributed by atoms with Crippen LogP contribution in [0.3, 0.4) is 0 Å². The van der Waals surface area contributed by atoms with Gasteiger partial charge in [0.1, 0.15) is 5.92 Å². The Morgan fingerprint density at radius 3 is 2.72 bits per heavy atom. The van der Waals surface area contributed by atoms with Gasteiger partial charge in [0.05, 0.1) is 13.0 Å². The molecule has 2 atom stereocenters. The summed E-state index contributed by atoms with van der Waals surface area (Å²) in [5, 5.41) is 3.23. The van der Waals surface area contributed by atoms with Crippen molar-refractivity contribution in [2.24, 2.45) is 11.3 Å². The SMILES string of the molecule is C=C1NC2=C(C(=O)CC(C)(C)C2)C(c2cccc(C)[nH+]2)C1C(=O)OC. The summed E-state index contributed by atoms with van der Waals surface area (Å²) in [7, 11) is 1.36. The molecule has 0 saturated heterocycles. The molecule has 1 aromatic heterocycles. The first-order valence-corrected chi connectivity index (χ1v) is 8.52. The Bertz CT molecular complexity index is 792. The number of H-pyrrole nitrogens is 1. The minimum atomic E-state index is -0.632. The Kier molecular flexibility index (Phi) is 4.27. The molecular formula is C20H25N2O3+. The van der Waals surface area contributed by atoms with Crippen LogP contribution < -0.4 is 10.3 Å². The van der Waals surface area contributed by atoms with Crippen molar-refractivity contribution in [1.82, 2.24) is 5.32 Å². The number of ether oxygens (including phenoxy) is 1. The van der Waals surface area contributed by atoms with Gasteiger partial charge in [-0.25, -0.2) is 4.98 Å². The van der Waals surface area contributed by atoms with Gasteiger partial charge in [-0.2, -0.15) is 0 Å². The summed E-state index contributed by atoms with van der Waals surface area (Å²) >= 11 is 0. The lowest BCUT2D eigenvalue weighted by atomic mass is 9.67. The van der Waals surface area contributed by atoms with E-state index >= 15 is 0 Å². The van der Waals surface area contributed by atoms with Crippen LogP contribution in [0, 0.1) is 18.3 Å². The van der Waals surface area contributed by atoms with Crippen molar-refractivity contribution < 1.29 is 19.3 Å². The standard InChI is InChI=1S/C20H24N2O3/c1-11-7-6-8-13(21-11)18-16(19(24)25-5)12(2)22-14-9-20(3,4)10-15(23)17(14)18/h6-8,16,18,22H,2,9-10H2,1,3-5H3/p+1. The second kappa shape index (κ2) is 6.14. The van der Waals surface area contributed by atoms with Crippen LogP contribution in [0.25, 0.3) is 0 Å². The Labute approximate surface area is 148 Å². The first-order chi connectivity index (χ1) is 11.7. The lowest BCUT2D eigenvalue weighted by Gasteiger charge is -2.40. The van der Waals surface area contributed by atoms with Gasteiger partial charge in [-0.15, -0.1) is 0 Å². The molecule has 1 aromatic rings. The molecule has 2 N–H and O–H groups in total. The van der Waals surface area contributed by atoms with E-state index in [4.69, 9.17) is 4.74 Å². The van der Waals surface area contributed by atoms with Crippen molar-refractivity contribution in [2.45, 2.75) is 39.5 Å². The Morgan fingerprint density at radius 1 is 1.36 bits per heavy atom. The third-order valence-electron chi connectivity index (χ3n) is 5.00. The van der Waals surface area contributed by atoms with Gasteiger partial charge in [-0.1, -0.05) is 20.4 Å². The number of ketones is 1. The number of allylic oxidation sites excluding steroid dienone is 2. The number of nitrogens with one attached hydrogen (secondary N) is 2. The molecule has 25 heavy (non-hydrogen) atoms. The summed E-state index contributed by atoms with van der Waals surface area (Å²) in [6.45, 7) is 10.2. The van der Waals surface area contributed by atoms with Crippen LogP contribution in [-0.4, -0.2) is 18.9 Å². The van der Waals surface area contributed by atoms with Crippen molar-refractivity contribution in [3.8, 4) is 0 Å². The fourth-order valence-corrected chi connectivity index (χ4v) is 3.98. The predicted octanol–water partition coefficient (Wildman–Crippen LogP) is 2.44. The first-order valence-electron chi connectivity index (χ1n) is 8.52. The van der Waals surface area contributed by atoms with Crippen LogP contribution in [0.1, 0.15) is 44.0 Å². The summed E-state index contributed by atoms with van der Waals surface area (Å²) in [5.41, 5.74) is 3.84. The van der Waals surface area contributed by atoms with Crippen LogP contribution in [0.15, 0.2) is 41.7 Å². The molecule has 132 valence electrons. The van der Waals surface area contributed by atoms with E-state index in [2.05, 4.69) is 30.7 Å². The molecule has 0 bridgehead atoms. The van der Waals surface area contributed by atoms with Gasteiger partial charge in [0.15, 0.2) is 17.2 Å². The summed E-state index contributed by atoms with van der Waals surface area (Å²) < 4.78 is 5.01. The maximum absolute atomic E-state index is 13.0. The van der Waals surface area contributed by atoms with Crippen LogP contribution in [0.5, 0.6) is 0 Å². The van der Waals surface area contributed by atoms with Crippen molar-refractivity contribution in [1.29, 1.82) is 0 Å². The number of hydrogen-bond donors (Lipinski definition) is 1. The first kappa shape index (κ1) is 17.4. The number of methoxy groups -OCH3 is 1. The highest BCUT2D eigenvalue weighted by molar-refractivity contribution is 6.00. The molecule has 2 unspecified atom stereocenters. The van der Waals surface area contributed by atoms with Gasteiger partial charge in [0, 0.05) is 42.4 Å². The summed E-state index contributed by atoms with van der Waals surface area (Å²) in [5.74, 6) is -1.34. The molecule has 2 heterocycles. The Hall–Kier alpha value is -2.43. The zero-order valence-corrected chi connectivity index (χ0v) is 15.2. The van der Waals surface area contributed by atoms with E-state index in [1.165, 1.54) is 7.11 Å². The number of carbonyl (C=O) groups is 2. The number of pyridine rings is 1. The van der Waals surface area contributed by atoms with E-state index in [0.29, 0.717) is 17.7 Å². The van der Waals surface area contributed by atoms with Crippen molar-refractivity contribution >= 4 is 11.8 Å². The average Bonchev–Trinajstić information content (AvgIpc) is 2.51. The number of Topliss-reactive ketones (excluding diaryl/α,β-unsaturated/α-hetero) is 1. The second-order valence-corrected chi connectivity index (χ2v) is 7.75. The van der Waals surface area contributed by atoms with E-state index in [9.17, 15) is 9.59 Å². The predicted molar refractivity (Wildman–Crippen MR) is 93.3 cm³/mol. The van der Waals surface area contributed by atoms with Crippen molar-refractivity contribution in [2.75, 3.05) is 7.11 Å². The number of esters is 1. The number of aromatic amines is 1. The molecule has 0 spiro atoms. The molecule has 1 aliphatic heterocycles.